The van der Waals surface area contributed by atoms with E-state index >= 15 is 0 Å². The van der Waals surface area contributed by atoms with Crippen LogP contribution in [0.15, 0.2) is 59.5 Å². The van der Waals surface area contributed by atoms with Crippen LogP contribution in [0.3, 0.4) is 0 Å². The van der Waals surface area contributed by atoms with Crippen molar-refractivity contribution in [3.8, 4) is 11.5 Å². The first-order valence-electron chi connectivity index (χ1n) is 6.11. The molecule has 5 heteroatoms. The number of hydrogen-bond donors (Lipinski definition) is 0. The maximum Gasteiger partial charge on any atom is 0.178 e. The number of aldehydes is 1. The van der Waals surface area contributed by atoms with Crippen molar-refractivity contribution in [3.63, 3.8) is 0 Å². The van der Waals surface area contributed by atoms with Crippen LogP contribution >= 0.6 is 0 Å². The van der Waals surface area contributed by atoms with Gasteiger partial charge in [0.05, 0.1) is 10.6 Å². The molecule has 0 saturated heterocycles. The van der Waals surface area contributed by atoms with Crippen LogP contribution in [0, 0.1) is 0 Å². The zero-order valence-electron chi connectivity index (χ0n) is 10.7. The second kappa shape index (κ2) is 6.34. The molecule has 0 aromatic heterocycles. The molecule has 0 bridgehead atoms. The Kier molecular flexibility index (Phi) is 4.53. The molecule has 0 fully saturated rings. The summed E-state index contributed by atoms with van der Waals surface area (Å²) in [4.78, 5) is 10.4. The van der Waals surface area contributed by atoms with E-state index < -0.39 is 9.84 Å². The van der Waals surface area contributed by atoms with Gasteiger partial charge in [-0.25, -0.2) is 8.42 Å². The van der Waals surface area contributed by atoms with Crippen LogP contribution in [-0.2, 0) is 14.6 Å². The topological polar surface area (TPSA) is 60.4 Å². The lowest BCUT2D eigenvalue weighted by Crippen LogP contribution is -2.06. The van der Waals surface area contributed by atoms with E-state index in [0.29, 0.717) is 17.8 Å². The van der Waals surface area contributed by atoms with Crippen molar-refractivity contribution in [3.05, 3.63) is 54.6 Å². The van der Waals surface area contributed by atoms with E-state index in [1.807, 2.05) is 30.3 Å². The predicted molar refractivity (Wildman–Crippen MR) is 75.7 cm³/mol. The summed E-state index contributed by atoms with van der Waals surface area (Å²) < 4.78 is 29.3. The van der Waals surface area contributed by atoms with Gasteiger partial charge in [-0.15, -0.1) is 0 Å². The number of carbonyl (C=O) groups is 1. The van der Waals surface area contributed by atoms with Gasteiger partial charge in [-0.2, -0.15) is 0 Å². The lowest BCUT2D eigenvalue weighted by atomic mass is 10.3. The maximum absolute atomic E-state index is 11.9. The molecule has 2 aromatic rings. The second-order valence-corrected chi connectivity index (χ2v) is 6.27. The van der Waals surface area contributed by atoms with Crippen LogP contribution in [0.5, 0.6) is 11.5 Å². The van der Waals surface area contributed by atoms with Gasteiger partial charge in [0, 0.05) is 6.42 Å². The Morgan fingerprint density at radius 2 is 1.50 bits per heavy atom. The number of rotatable bonds is 6. The van der Waals surface area contributed by atoms with Gasteiger partial charge in [0.25, 0.3) is 0 Å². The molecule has 0 aliphatic heterocycles. The fourth-order valence-corrected chi connectivity index (χ4v) is 2.85. The summed E-state index contributed by atoms with van der Waals surface area (Å²) >= 11 is 0. The summed E-state index contributed by atoms with van der Waals surface area (Å²) in [5, 5.41) is 0. The molecule has 0 N–H and O–H groups in total. The van der Waals surface area contributed by atoms with Crippen molar-refractivity contribution in [2.75, 3.05) is 5.75 Å². The third-order valence-corrected chi connectivity index (χ3v) is 4.43. The molecule has 0 heterocycles. The summed E-state index contributed by atoms with van der Waals surface area (Å²) in [6.45, 7) is 0. The smallest absolute Gasteiger partial charge is 0.178 e. The largest absolute Gasteiger partial charge is 0.457 e. The van der Waals surface area contributed by atoms with Gasteiger partial charge in [-0.05, 0) is 36.4 Å². The number of para-hydroxylation sites is 1. The number of hydrogen-bond acceptors (Lipinski definition) is 4. The molecule has 0 aliphatic carbocycles. The van der Waals surface area contributed by atoms with Gasteiger partial charge < -0.3 is 9.53 Å². The minimum absolute atomic E-state index is 0.00456. The third kappa shape index (κ3) is 3.68. The van der Waals surface area contributed by atoms with Gasteiger partial charge >= 0.3 is 0 Å². The normalized spacial score (nSPS) is 11.0. The van der Waals surface area contributed by atoms with Gasteiger partial charge in [0.1, 0.15) is 17.8 Å². The Bertz CT molecular complexity index is 661. The number of benzene rings is 2. The highest BCUT2D eigenvalue weighted by atomic mass is 32.2. The van der Waals surface area contributed by atoms with E-state index in [1.165, 1.54) is 12.1 Å². The monoisotopic (exact) mass is 290 g/mol. The highest BCUT2D eigenvalue weighted by Crippen LogP contribution is 2.23. The second-order valence-electron chi connectivity index (χ2n) is 4.16. The number of carbonyl (C=O) groups excluding carboxylic acids is 1. The SMILES string of the molecule is O=CCCS(=O)(=O)c1ccc(Oc2ccccc2)cc1. The van der Waals surface area contributed by atoms with Crippen molar-refractivity contribution in [1.29, 1.82) is 0 Å². The summed E-state index contributed by atoms with van der Waals surface area (Å²) in [6, 6.07) is 15.4. The van der Waals surface area contributed by atoms with Crippen LogP contribution < -0.4 is 4.74 Å². The van der Waals surface area contributed by atoms with Crippen molar-refractivity contribution in [2.45, 2.75) is 11.3 Å². The summed E-state index contributed by atoms with van der Waals surface area (Å²) in [5.74, 6) is 1.07. The number of sulfone groups is 1. The quantitative estimate of drug-likeness (QED) is 0.767. The summed E-state index contributed by atoms with van der Waals surface area (Å²) in [7, 11) is -3.40. The Hall–Kier alpha value is -2.14. The van der Waals surface area contributed by atoms with Gasteiger partial charge in [-0.3, -0.25) is 0 Å². The molecular formula is C15H14O4S. The van der Waals surface area contributed by atoms with Crippen molar-refractivity contribution >= 4 is 16.1 Å². The molecule has 2 rings (SSSR count). The highest BCUT2D eigenvalue weighted by molar-refractivity contribution is 7.91. The highest BCUT2D eigenvalue weighted by Gasteiger charge is 2.13. The first kappa shape index (κ1) is 14.3. The zero-order valence-corrected chi connectivity index (χ0v) is 11.5. The van der Waals surface area contributed by atoms with Crippen molar-refractivity contribution in [2.24, 2.45) is 0 Å². The Balaban J connectivity index is 2.12. The van der Waals surface area contributed by atoms with Gasteiger partial charge in [0.2, 0.25) is 0 Å². The predicted octanol–water partition coefficient (Wildman–Crippen LogP) is 2.84. The van der Waals surface area contributed by atoms with Crippen LogP contribution in [0.25, 0.3) is 0 Å². The van der Waals surface area contributed by atoms with Gasteiger partial charge in [-0.1, -0.05) is 18.2 Å². The van der Waals surface area contributed by atoms with E-state index in [-0.39, 0.29) is 17.1 Å². The summed E-state index contributed by atoms with van der Waals surface area (Å²) in [5.41, 5.74) is 0. The molecule has 0 saturated carbocycles. The molecule has 20 heavy (non-hydrogen) atoms. The molecule has 0 radical (unpaired) electrons. The van der Waals surface area contributed by atoms with E-state index in [0.717, 1.165) is 0 Å². The maximum atomic E-state index is 11.9. The molecular weight excluding hydrogens is 276 g/mol. The molecule has 4 nitrogen and oxygen atoms in total. The molecule has 0 atom stereocenters. The fourth-order valence-electron chi connectivity index (χ4n) is 1.66. The van der Waals surface area contributed by atoms with E-state index in [2.05, 4.69) is 0 Å². The lowest BCUT2D eigenvalue weighted by molar-refractivity contribution is -0.107. The van der Waals surface area contributed by atoms with E-state index in [4.69, 9.17) is 4.74 Å². The lowest BCUT2D eigenvalue weighted by Gasteiger charge is -2.07. The molecule has 104 valence electrons. The molecule has 0 amide bonds. The standard InChI is InChI=1S/C15H14O4S/c16-11-4-12-20(17,18)15-9-7-14(8-10-15)19-13-5-2-1-3-6-13/h1-3,5-11H,4,12H2. The van der Waals surface area contributed by atoms with E-state index in [9.17, 15) is 13.2 Å². The Labute approximate surface area is 117 Å². The minimum atomic E-state index is -3.40. The molecule has 0 spiro atoms. The van der Waals surface area contributed by atoms with Crippen LogP contribution in [0.1, 0.15) is 6.42 Å². The van der Waals surface area contributed by atoms with Crippen LogP contribution in [0.4, 0.5) is 0 Å². The first-order chi connectivity index (χ1) is 9.62. The molecule has 0 unspecified atom stereocenters. The van der Waals surface area contributed by atoms with E-state index in [1.54, 1.807) is 12.1 Å². The first-order valence-corrected chi connectivity index (χ1v) is 7.76. The minimum Gasteiger partial charge on any atom is -0.457 e. The fraction of sp³-hybridized carbons (Fsp3) is 0.133. The van der Waals surface area contributed by atoms with Gasteiger partial charge in [0.15, 0.2) is 9.84 Å². The van der Waals surface area contributed by atoms with Crippen molar-refractivity contribution < 1.29 is 17.9 Å². The third-order valence-electron chi connectivity index (χ3n) is 2.67. The Morgan fingerprint density at radius 1 is 0.900 bits per heavy atom. The molecule has 2 aromatic carbocycles. The Morgan fingerprint density at radius 3 is 2.10 bits per heavy atom. The molecule has 0 aliphatic rings. The summed E-state index contributed by atoms with van der Waals surface area (Å²) in [6.07, 6.45) is 0.606. The number of ether oxygens (including phenoxy) is 1. The average molecular weight is 290 g/mol. The van der Waals surface area contributed by atoms with Crippen LogP contribution in [0.2, 0.25) is 0 Å². The average Bonchev–Trinajstić information content (AvgIpc) is 2.47. The van der Waals surface area contributed by atoms with Crippen LogP contribution in [-0.4, -0.2) is 20.5 Å². The van der Waals surface area contributed by atoms with Crippen molar-refractivity contribution in [1.82, 2.24) is 0 Å². The zero-order chi connectivity index (χ0) is 14.4.